The SMILES string of the molecule is O=Cc1ccccc1[Se]C[Se]c1ccccc1C=O. The van der Waals surface area contributed by atoms with Crippen LogP contribution in [0.15, 0.2) is 48.5 Å². The summed E-state index contributed by atoms with van der Waals surface area (Å²) in [6.07, 6.45) is 1.84. The van der Waals surface area contributed by atoms with E-state index in [1.54, 1.807) is 0 Å². The fourth-order valence-corrected chi connectivity index (χ4v) is 7.56. The molecule has 0 heterocycles. The first-order valence-electron chi connectivity index (χ1n) is 5.69. The Labute approximate surface area is 124 Å². The quantitative estimate of drug-likeness (QED) is 0.553. The Balaban J connectivity index is 2.00. The number of carbonyl (C=O) groups excluding carboxylic acids is 2. The van der Waals surface area contributed by atoms with Gasteiger partial charge in [0.2, 0.25) is 0 Å². The third-order valence-electron chi connectivity index (χ3n) is 2.52. The average molecular weight is 382 g/mol. The predicted molar refractivity (Wildman–Crippen MR) is 79.2 cm³/mol. The van der Waals surface area contributed by atoms with Crippen molar-refractivity contribution in [1.82, 2.24) is 0 Å². The van der Waals surface area contributed by atoms with Crippen molar-refractivity contribution < 1.29 is 9.59 Å². The van der Waals surface area contributed by atoms with Crippen LogP contribution in [0.2, 0.25) is 4.22 Å². The monoisotopic (exact) mass is 384 g/mol. The minimum atomic E-state index is 0.285. The molecular formula is C15H12O2Se2. The molecule has 0 saturated heterocycles. The molecule has 2 nitrogen and oxygen atoms in total. The third kappa shape index (κ3) is 3.89. The maximum absolute atomic E-state index is 10.9. The number of aldehydes is 2. The van der Waals surface area contributed by atoms with Crippen molar-refractivity contribution in [2.75, 3.05) is 0 Å². The molecule has 0 atom stereocenters. The van der Waals surface area contributed by atoms with Gasteiger partial charge in [-0.3, -0.25) is 0 Å². The van der Waals surface area contributed by atoms with E-state index >= 15 is 0 Å². The van der Waals surface area contributed by atoms with Crippen LogP contribution in [0, 0.1) is 0 Å². The summed E-state index contributed by atoms with van der Waals surface area (Å²) in [6, 6.07) is 15.5. The number of hydrogen-bond donors (Lipinski definition) is 0. The first kappa shape index (κ1) is 14.2. The molecule has 96 valence electrons. The van der Waals surface area contributed by atoms with Gasteiger partial charge in [-0.2, -0.15) is 0 Å². The Morgan fingerprint density at radius 2 is 1.16 bits per heavy atom. The predicted octanol–water partition coefficient (Wildman–Crippen LogP) is 1.05. The van der Waals surface area contributed by atoms with Crippen molar-refractivity contribution in [2.24, 2.45) is 0 Å². The molecule has 0 aliphatic heterocycles. The Morgan fingerprint density at radius 3 is 1.58 bits per heavy atom. The van der Waals surface area contributed by atoms with Crippen LogP contribution in [0.4, 0.5) is 0 Å². The summed E-state index contributed by atoms with van der Waals surface area (Å²) in [5.74, 6) is 0. The Kier molecular flexibility index (Phi) is 5.56. The normalized spacial score (nSPS) is 10.1. The summed E-state index contributed by atoms with van der Waals surface area (Å²) < 4.78 is 3.35. The van der Waals surface area contributed by atoms with Gasteiger partial charge >= 0.3 is 125 Å². The van der Waals surface area contributed by atoms with Gasteiger partial charge in [0.05, 0.1) is 0 Å². The van der Waals surface area contributed by atoms with Gasteiger partial charge < -0.3 is 0 Å². The Morgan fingerprint density at radius 1 is 0.737 bits per heavy atom. The van der Waals surface area contributed by atoms with E-state index in [1.807, 2.05) is 48.5 Å². The summed E-state index contributed by atoms with van der Waals surface area (Å²) >= 11 is 0.570. The molecule has 0 N–H and O–H groups in total. The zero-order valence-corrected chi connectivity index (χ0v) is 13.5. The van der Waals surface area contributed by atoms with E-state index < -0.39 is 0 Å². The molecule has 0 radical (unpaired) electrons. The van der Waals surface area contributed by atoms with Crippen LogP contribution in [0.1, 0.15) is 20.7 Å². The molecule has 0 bridgehead atoms. The molecular weight excluding hydrogens is 370 g/mol. The van der Waals surface area contributed by atoms with E-state index in [2.05, 4.69) is 0 Å². The first-order chi connectivity index (χ1) is 9.35. The molecule has 0 amide bonds. The van der Waals surface area contributed by atoms with Gasteiger partial charge in [-0.05, 0) is 0 Å². The number of benzene rings is 2. The van der Waals surface area contributed by atoms with Crippen LogP contribution < -0.4 is 8.92 Å². The van der Waals surface area contributed by atoms with E-state index in [1.165, 1.54) is 0 Å². The van der Waals surface area contributed by atoms with Crippen molar-refractivity contribution in [3.8, 4) is 0 Å². The Bertz CT molecular complexity index is 530. The fourth-order valence-electron chi connectivity index (χ4n) is 1.58. The average Bonchev–Trinajstić information content (AvgIpc) is 2.48. The van der Waals surface area contributed by atoms with Crippen LogP contribution in [0.25, 0.3) is 0 Å². The molecule has 19 heavy (non-hydrogen) atoms. The van der Waals surface area contributed by atoms with E-state index in [9.17, 15) is 9.59 Å². The molecule has 0 aromatic heterocycles. The van der Waals surface area contributed by atoms with Crippen molar-refractivity contribution in [2.45, 2.75) is 4.22 Å². The van der Waals surface area contributed by atoms with Gasteiger partial charge in [-0.15, -0.1) is 0 Å². The molecule has 0 unspecified atom stereocenters. The van der Waals surface area contributed by atoms with E-state index in [-0.39, 0.29) is 29.9 Å². The van der Waals surface area contributed by atoms with Crippen molar-refractivity contribution in [1.29, 1.82) is 0 Å². The minimum absolute atomic E-state index is 0.285. The number of rotatable bonds is 6. The number of carbonyl (C=O) groups is 2. The van der Waals surface area contributed by atoms with Crippen LogP contribution in [-0.4, -0.2) is 42.5 Å². The standard InChI is InChI=1S/C15H12O2Se2/c16-9-12-5-1-3-7-14(12)18-11-19-15-8-4-2-6-13(15)10-17/h1-10H,11H2. The molecule has 2 aromatic carbocycles. The van der Waals surface area contributed by atoms with Gasteiger partial charge in [0.15, 0.2) is 0 Å². The molecule has 2 rings (SSSR count). The van der Waals surface area contributed by atoms with Crippen LogP contribution in [0.3, 0.4) is 0 Å². The van der Waals surface area contributed by atoms with Crippen molar-refractivity contribution in [3.05, 3.63) is 59.7 Å². The van der Waals surface area contributed by atoms with Gasteiger partial charge in [0.25, 0.3) is 0 Å². The zero-order chi connectivity index (χ0) is 13.5. The molecule has 4 heteroatoms. The first-order valence-corrected chi connectivity index (χ1v) is 9.82. The summed E-state index contributed by atoms with van der Waals surface area (Å²) in [5.41, 5.74) is 1.59. The molecule has 0 aliphatic rings. The maximum atomic E-state index is 10.9. The summed E-state index contributed by atoms with van der Waals surface area (Å²) in [6.45, 7) is 0. The molecule has 0 spiro atoms. The summed E-state index contributed by atoms with van der Waals surface area (Å²) in [7, 11) is 0. The second-order valence-electron chi connectivity index (χ2n) is 3.72. The van der Waals surface area contributed by atoms with Gasteiger partial charge in [-0.25, -0.2) is 0 Å². The van der Waals surface area contributed by atoms with Crippen LogP contribution in [0.5, 0.6) is 0 Å². The molecule has 0 aliphatic carbocycles. The van der Waals surface area contributed by atoms with Gasteiger partial charge in [-0.1, -0.05) is 0 Å². The molecule has 0 fully saturated rings. The summed E-state index contributed by atoms with van der Waals surface area (Å²) in [5, 5.41) is 0. The number of hydrogen-bond acceptors (Lipinski definition) is 2. The second-order valence-corrected chi connectivity index (χ2v) is 9.84. The van der Waals surface area contributed by atoms with Crippen molar-refractivity contribution in [3.63, 3.8) is 0 Å². The molecule has 2 aromatic rings. The third-order valence-corrected chi connectivity index (χ3v) is 8.45. The van der Waals surface area contributed by atoms with E-state index in [0.717, 1.165) is 36.8 Å². The van der Waals surface area contributed by atoms with E-state index in [4.69, 9.17) is 0 Å². The van der Waals surface area contributed by atoms with Gasteiger partial charge in [0, 0.05) is 0 Å². The van der Waals surface area contributed by atoms with Crippen LogP contribution in [-0.2, 0) is 0 Å². The summed E-state index contributed by atoms with van der Waals surface area (Å²) in [4.78, 5) is 21.9. The van der Waals surface area contributed by atoms with E-state index in [0.29, 0.717) is 0 Å². The zero-order valence-electron chi connectivity index (χ0n) is 10.1. The second kappa shape index (κ2) is 7.42. The Hall–Kier alpha value is -1.18. The molecule has 0 saturated carbocycles. The van der Waals surface area contributed by atoms with Crippen molar-refractivity contribution >= 4 is 51.4 Å². The fraction of sp³-hybridized carbons (Fsp3) is 0.0667. The topological polar surface area (TPSA) is 34.1 Å². The van der Waals surface area contributed by atoms with Gasteiger partial charge in [0.1, 0.15) is 0 Å². The van der Waals surface area contributed by atoms with Crippen LogP contribution >= 0.6 is 0 Å².